The molecule has 118 valence electrons. The van der Waals surface area contributed by atoms with Crippen molar-refractivity contribution in [2.24, 2.45) is 5.92 Å². The molecule has 1 aliphatic rings. The molecule has 6 heteroatoms. The van der Waals surface area contributed by atoms with Gasteiger partial charge in [-0.3, -0.25) is 9.59 Å². The first-order valence-electron chi connectivity index (χ1n) is 7.00. The predicted octanol–water partition coefficient (Wildman–Crippen LogP) is 1.77. The first-order chi connectivity index (χ1) is 10.0. The van der Waals surface area contributed by atoms with Crippen molar-refractivity contribution in [3.63, 3.8) is 0 Å². The summed E-state index contributed by atoms with van der Waals surface area (Å²) in [6.07, 6.45) is 4.26. The Morgan fingerprint density at radius 1 is 0.952 bits per heavy atom. The molecule has 1 fully saturated rings. The molecule has 0 radical (unpaired) electrons. The van der Waals surface area contributed by atoms with Crippen molar-refractivity contribution in [3.05, 3.63) is 11.1 Å². The molecule has 1 unspecified atom stereocenters. The molecule has 6 nitrogen and oxygen atoms in total. The van der Waals surface area contributed by atoms with Gasteiger partial charge in [0.25, 0.3) is 0 Å². The molecular formula is C15H22O6. The standard InChI is InChI=1S/C15H22O6/c1-19-12(16)9-11(14(17)20-2)13(15(18)21-3)10-7-5-4-6-8-10/h11H,4-9H2,1-3H3. The van der Waals surface area contributed by atoms with E-state index in [4.69, 9.17) is 9.47 Å². The quantitative estimate of drug-likeness (QED) is 0.437. The number of ether oxygens (including phenoxy) is 3. The fourth-order valence-corrected chi connectivity index (χ4v) is 2.59. The molecule has 1 saturated carbocycles. The highest BCUT2D eigenvalue weighted by Crippen LogP contribution is 2.31. The fourth-order valence-electron chi connectivity index (χ4n) is 2.59. The van der Waals surface area contributed by atoms with Crippen LogP contribution in [0.5, 0.6) is 0 Å². The van der Waals surface area contributed by atoms with Crippen LogP contribution < -0.4 is 0 Å². The van der Waals surface area contributed by atoms with E-state index in [9.17, 15) is 14.4 Å². The summed E-state index contributed by atoms with van der Waals surface area (Å²) in [4.78, 5) is 35.6. The van der Waals surface area contributed by atoms with E-state index in [1.165, 1.54) is 21.3 Å². The van der Waals surface area contributed by atoms with Crippen molar-refractivity contribution < 1.29 is 28.6 Å². The summed E-state index contributed by atoms with van der Waals surface area (Å²) in [6, 6.07) is 0. The summed E-state index contributed by atoms with van der Waals surface area (Å²) in [5.74, 6) is -2.74. The Morgan fingerprint density at radius 2 is 1.57 bits per heavy atom. The normalized spacial score (nSPS) is 15.9. The lowest BCUT2D eigenvalue weighted by atomic mass is 9.84. The van der Waals surface area contributed by atoms with Gasteiger partial charge in [0.1, 0.15) is 0 Å². The largest absolute Gasteiger partial charge is 0.469 e. The van der Waals surface area contributed by atoms with Crippen LogP contribution in [0.3, 0.4) is 0 Å². The van der Waals surface area contributed by atoms with Crippen molar-refractivity contribution >= 4 is 17.9 Å². The zero-order valence-electron chi connectivity index (χ0n) is 12.8. The summed E-state index contributed by atoms with van der Waals surface area (Å²) < 4.78 is 14.1. The summed E-state index contributed by atoms with van der Waals surface area (Å²) >= 11 is 0. The predicted molar refractivity (Wildman–Crippen MR) is 74.3 cm³/mol. The van der Waals surface area contributed by atoms with E-state index in [-0.39, 0.29) is 12.0 Å². The van der Waals surface area contributed by atoms with Gasteiger partial charge in [0, 0.05) is 0 Å². The topological polar surface area (TPSA) is 78.9 Å². The van der Waals surface area contributed by atoms with Crippen molar-refractivity contribution in [3.8, 4) is 0 Å². The Morgan fingerprint density at radius 3 is 2.05 bits per heavy atom. The number of methoxy groups -OCH3 is 3. The van der Waals surface area contributed by atoms with Gasteiger partial charge in [-0.1, -0.05) is 12.0 Å². The second-order valence-electron chi connectivity index (χ2n) is 4.93. The van der Waals surface area contributed by atoms with E-state index in [1.807, 2.05) is 0 Å². The lowest BCUT2D eigenvalue weighted by Crippen LogP contribution is -2.28. The molecule has 21 heavy (non-hydrogen) atoms. The molecule has 0 bridgehead atoms. The monoisotopic (exact) mass is 298 g/mol. The van der Waals surface area contributed by atoms with E-state index < -0.39 is 23.8 Å². The van der Waals surface area contributed by atoms with Crippen LogP contribution in [0.4, 0.5) is 0 Å². The summed E-state index contributed by atoms with van der Waals surface area (Å²) in [6.45, 7) is 0. The van der Waals surface area contributed by atoms with E-state index >= 15 is 0 Å². The second-order valence-corrected chi connectivity index (χ2v) is 4.93. The van der Waals surface area contributed by atoms with Crippen LogP contribution >= 0.6 is 0 Å². The van der Waals surface area contributed by atoms with Gasteiger partial charge in [0.2, 0.25) is 0 Å². The van der Waals surface area contributed by atoms with Crippen LogP contribution in [0.25, 0.3) is 0 Å². The van der Waals surface area contributed by atoms with E-state index in [0.717, 1.165) is 37.7 Å². The summed E-state index contributed by atoms with van der Waals surface area (Å²) in [7, 11) is 3.73. The molecule has 0 aliphatic heterocycles. The molecule has 0 N–H and O–H groups in total. The third-order valence-electron chi connectivity index (χ3n) is 3.68. The maximum atomic E-state index is 12.1. The lowest BCUT2D eigenvalue weighted by Gasteiger charge is -2.22. The first-order valence-corrected chi connectivity index (χ1v) is 7.00. The van der Waals surface area contributed by atoms with Crippen LogP contribution in [0.2, 0.25) is 0 Å². The van der Waals surface area contributed by atoms with Gasteiger partial charge in [-0.05, 0) is 25.7 Å². The van der Waals surface area contributed by atoms with Crippen molar-refractivity contribution in [1.29, 1.82) is 0 Å². The number of allylic oxidation sites excluding steroid dienone is 1. The molecule has 1 rings (SSSR count). The van der Waals surface area contributed by atoms with Crippen molar-refractivity contribution in [2.75, 3.05) is 21.3 Å². The van der Waals surface area contributed by atoms with E-state index in [2.05, 4.69) is 4.74 Å². The minimum Gasteiger partial charge on any atom is -0.469 e. The van der Waals surface area contributed by atoms with E-state index in [0.29, 0.717) is 0 Å². The minimum absolute atomic E-state index is 0.225. The lowest BCUT2D eigenvalue weighted by molar-refractivity contribution is -0.152. The van der Waals surface area contributed by atoms with Gasteiger partial charge in [-0.25, -0.2) is 4.79 Å². The zero-order valence-corrected chi connectivity index (χ0v) is 12.8. The smallest absolute Gasteiger partial charge is 0.334 e. The number of carbonyl (C=O) groups is 3. The van der Waals surface area contributed by atoms with Crippen LogP contribution in [0.15, 0.2) is 11.1 Å². The van der Waals surface area contributed by atoms with Crippen molar-refractivity contribution in [1.82, 2.24) is 0 Å². The minimum atomic E-state index is -0.969. The average molecular weight is 298 g/mol. The third kappa shape index (κ3) is 4.58. The SMILES string of the molecule is COC(=O)CC(C(=O)OC)C(C(=O)OC)=C1CCCCC1. The zero-order chi connectivity index (χ0) is 15.8. The van der Waals surface area contributed by atoms with Crippen LogP contribution in [0.1, 0.15) is 38.5 Å². The van der Waals surface area contributed by atoms with Gasteiger partial charge in [0.15, 0.2) is 0 Å². The highest BCUT2D eigenvalue weighted by molar-refractivity contribution is 5.98. The first kappa shape index (κ1) is 17.2. The average Bonchev–Trinajstić information content (AvgIpc) is 2.53. The molecule has 0 spiro atoms. The maximum Gasteiger partial charge on any atom is 0.334 e. The number of hydrogen-bond donors (Lipinski definition) is 0. The highest BCUT2D eigenvalue weighted by Gasteiger charge is 2.34. The third-order valence-corrected chi connectivity index (χ3v) is 3.68. The fraction of sp³-hybridized carbons (Fsp3) is 0.667. The highest BCUT2D eigenvalue weighted by atomic mass is 16.5. The Hall–Kier alpha value is -1.85. The molecular weight excluding hydrogens is 276 g/mol. The Kier molecular flexibility index (Phi) is 6.91. The molecule has 0 aromatic heterocycles. The van der Waals surface area contributed by atoms with Crippen LogP contribution in [-0.2, 0) is 28.6 Å². The van der Waals surface area contributed by atoms with E-state index in [1.54, 1.807) is 0 Å². The molecule has 0 amide bonds. The number of esters is 3. The van der Waals surface area contributed by atoms with Gasteiger partial charge >= 0.3 is 17.9 Å². The van der Waals surface area contributed by atoms with Crippen LogP contribution in [0, 0.1) is 5.92 Å². The molecule has 0 heterocycles. The molecule has 1 aliphatic carbocycles. The molecule has 0 aromatic carbocycles. The van der Waals surface area contributed by atoms with Gasteiger partial charge in [-0.2, -0.15) is 0 Å². The maximum absolute atomic E-state index is 12.1. The Labute approximate surface area is 124 Å². The van der Waals surface area contributed by atoms with Crippen molar-refractivity contribution in [2.45, 2.75) is 38.5 Å². The summed E-state index contributed by atoms with van der Waals surface area (Å²) in [5, 5.41) is 0. The van der Waals surface area contributed by atoms with Gasteiger partial charge in [-0.15, -0.1) is 0 Å². The Balaban J connectivity index is 3.19. The van der Waals surface area contributed by atoms with Crippen LogP contribution in [-0.4, -0.2) is 39.2 Å². The summed E-state index contributed by atoms with van der Waals surface area (Å²) in [5.41, 5.74) is 1.14. The second kappa shape index (κ2) is 8.44. The van der Waals surface area contributed by atoms with Gasteiger partial charge < -0.3 is 14.2 Å². The molecule has 1 atom stereocenters. The number of hydrogen-bond acceptors (Lipinski definition) is 6. The number of rotatable bonds is 5. The number of carbonyl (C=O) groups excluding carboxylic acids is 3. The molecule has 0 aromatic rings. The Bertz CT molecular complexity index is 429. The molecule has 0 saturated heterocycles. The van der Waals surface area contributed by atoms with Gasteiger partial charge in [0.05, 0.1) is 39.2 Å².